The highest BCUT2D eigenvalue weighted by Crippen LogP contribution is 2.17. The number of hydrogen-bond donors (Lipinski definition) is 1. The second-order valence-electron chi connectivity index (χ2n) is 5.54. The van der Waals surface area contributed by atoms with Gasteiger partial charge in [0.15, 0.2) is 15.9 Å². The maximum absolute atomic E-state index is 12.0. The van der Waals surface area contributed by atoms with Crippen LogP contribution in [0.5, 0.6) is 0 Å². The van der Waals surface area contributed by atoms with Gasteiger partial charge in [-0.25, -0.2) is 13.2 Å². The van der Waals surface area contributed by atoms with Crippen molar-refractivity contribution in [2.24, 2.45) is 0 Å². The lowest BCUT2D eigenvalue weighted by molar-refractivity contribution is -0.150. The Morgan fingerprint density at radius 2 is 2.08 bits per heavy atom. The Bertz CT molecular complexity index is 759. The zero-order valence-corrected chi connectivity index (χ0v) is 15.5. The number of rotatable bonds is 5. The lowest BCUT2D eigenvalue weighted by Crippen LogP contribution is -2.42. The Morgan fingerprint density at radius 1 is 1.38 bits per heavy atom. The fourth-order valence-corrected chi connectivity index (χ4v) is 4.35. The predicted octanol–water partition coefficient (Wildman–Crippen LogP) is 1.70. The number of carbonyl (C=O) groups excluding carboxylic acids is 2. The van der Waals surface area contributed by atoms with E-state index in [4.69, 9.17) is 4.74 Å². The van der Waals surface area contributed by atoms with Crippen LogP contribution in [0.1, 0.15) is 18.9 Å². The number of nitrogens with one attached hydrogen (secondary N) is 1. The third-order valence-corrected chi connectivity index (χ3v) is 6.04. The molecule has 24 heavy (non-hydrogen) atoms. The van der Waals surface area contributed by atoms with Crippen LogP contribution in [0.25, 0.3) is 6.08 Å². The summed E-state index contributed by atoms with van der Waals surface area (Å²) in [7, 11) is -3.07. The van der Waals surface area contributed by atoms with Gasteiger partial charge in [0, 0.05) is 16.6 Å². The number of halogens is 1. The van der Waals surface area contributed by atoms with Crippen molar-refractivity contribution in [2.75, 3.05) is 11.5 Å². The molecule has 6 nitrogen and oxygen atoms in total. The molecule has 0 radical (unpaired) electrons. The van der Waals surface area contributed by atoms with E-state index in [0.717, 1.165) is 10.0 Å². The van der Waals surface area contributed by atoms with Crippen LogP contribution >= 0.6 is 15.9 Å². The summed E-state index contributed by atoms with van der Waals surface area (Å²) in [5, 5.41) is 2.60. The van der Waals surface area contributed by atoms with Crippen LogP contribution < -0.4 is 5.32 Å². The van der Waals surface area contributed by atoms with Gasteiger partial charge >= 0.3 is 5.97 Å². The van der Waals surface area contributed by atoms with Crippen LogP contribution in [0.15, 0.2) is 34.8 Å². The van der Waals surface area contributed by atoms with Crippen LogP contribution in [-0.2, 0) is 24.2 Å². The van der Waals surface area contributed by atoms with Gasteiger partial charge in [-0.15, -0.1) is 0 Å². The molecule has 0 bridgehead atoms. The zero-order valence-electron chi connectivity index (χ0n) is 13.1. The van der Waals surface area contributed by atoms with E-state index < -0.39 is 33.9 Å². The number of sulfone groups is 1. The average Bonchev–Trinajstić information content (AvgIpc) is 2.85. The highest BCUT2D eigenvalue weighted by Gasteiger charge is 2.30. The van der Waals surface area contributed by atoms with Gasteiger partial charge in [0.2, 0.25) is 0 Å². The van der Waals surface area contributed by atoms with Crippen LogP contribution in [0.2, 0.25) is 0 Å². The quantitative estimate of drug-likeness (QED) is 0.583. The molecular weight excluding hydrogens is 398 g/mol. The average molecular weight is 416 g/mol. The van der Waals surface area contributed by atoms with Gasteiger partial charge in [-0.1, -0.05) is 34.1 Å². The molecule has 1 saturated heterocycles. The van der Waals surface area contributed by atoms with Gasteiger partial charge in [-0.3, -0.25) is 4.79 Å². The molecule has 0 aliphatic carbocycles. The van der Waals surface area contributed by atoms with Gasteiger partial charge < -0.3 is 10.1 Å². The number of carbonyl (C=O) groups is 2. The van der Waals surface area contributed by atoms with Crippen LogP contribution in [0.4, 0.5) is 0 Å². The number of hydrogen-bond acceptors (Lipinski definition) is 5. The predicted molar refractivity (Wildman–Crippen MR) is 93.9 cm³/mol. The van der Waals surface area contributed by atoms with E-state index in [-0.39, 0.29) is 11.5 Å². The molecule has 1 aromatic rings. The SMILES string of the molecule is C[C@H](OC(=O)/C=C/c1ccccc1Br)C(=O)N[C@H]1CCS(=O)(=O)C1. The first-order valence-electron chi connectivity index (χ1n) is 7.41. The van der Waals surface area contributed by atoms with E-state index in [1.54, 1.807) is 6.08 Å². The fourth-order valence-electron chi connectivity index (χ4n) is 2.26. The van der Waals surface area contributed by atoms with E-state index in [1.165, 1.54) is 13.0 Å². The molecule has 1 aliphatic heterocycles. The molecule has 1 aromatic carbocycles. The van der Waals surface area contributed by atoms with Gasteiger partial charge in [-0.2, -0.15) is 0 Å². The Balaban J connectivity index is 1.85. The maximum atomic E-state index is 12.0. The van der Waals surface area contributed by atoms with E-state index >= 15 is 0 Å². The van der Waals surface area contributed by atoms with Gasteiger partial charge in [0.1, 0.15) is 0 Å². The molecule has 0 saturated carbocycles. The Kier molecular flexibility index (Phi) is 6.17. The standard InChI is InChI=1S/C16H18BrNO5S/c1-11(16(20)18-13-8-9-24(21,22)10-13)23-15(19)7-6-12-4-2-3-5-14(12)17/h2-7,11,13H,8-10H2,1H3,(H,18,20)/b7-6+/t11-,13-/m0/s1. The molecule has 0 spiro atoms. The summed E-state index contributed by atoms with van der Waals surface area (Å²) in [5.41, 5.74) is 0.808. The van der Waals surface area contributed by atoms with Gasteiger partial charge in [0.25, 0.3) is 5.91 Å². The van der Waals surface area contributed by atoms with Crippen LogP contribution in [-0.4, -0.2) is 43.9 Å². The van der Waals surface area contributed by atoms with Crippen LogP contribution in [0.3, 0.4) is 0 Å². The minimum absolute atomic E-state index is 0.0681. The summed E-state index contributed by atoms with van der Waals surface area (Å²) < 4.78 is 28.6. The normalized spacial score (nSPS) is 20.7. The van der Waals surface area contributed by atoms with E-state index in [1.807, 2.05) is 24.3 Å². The summed E-state index contributed by atoms with van der Waals surface area (Å²) in [4.78, 5) is 23.7. The van der Waals surface area contributed by atoms with Crippen molar-refractivity contribution < 1.29 is 22.7 Å². The fraction of sp³-hybridized carbons (Fsp3) is 0.375. The summed E-state index contributed by atoms with van der Waals surface area (Å²) >= 11 is 3.36. The van der Waals surface area contributed by atoms with Crippen molar-refractivity contribution in [2.45, 2.75) is 25.5 Å². The van der Waals surface area contributed by atoms with Gasteiger partial charge in [-0.05, 0) is 31.1 Å². The van der Waals surface area contributed by atoms with Crippen molar-refractivity contribution in [1.82, 2.24) is 5.32 Å². The van der Waals surface area contributed by atoms with Crippen molar-refractivity contribution in [3.63, 3.8) is 0 Å². The van der Waals surface area contributed by atoms with Crippen molar-refractivity contribution in [3.05, 3.63) is 40.4 Å². The molecule has 8 heteroatoms. The largest absolute Gasteiger partial charge is 0.449 e. The zero-order chi connectivity index (χ0) is 17.7. The highest BCUT2D eigenvalue weighted by atomic mass is 79.9. The van der Waals surface area contributed by atoms with Crippen molar-refractivity contribution in [1.29, 1.82) is 0 Å². The maximum Gasteiger partial charge on any atom is 0.331 e. The number of esters is 1. The molecular formula is C16H18BrNO5S. The van der Waals surface area contributed by atoms with Gasteiger partial charge in [0.05, 0.1) is 11.5 Å². The molecule has 1 amide bonds. The lowest BCUT2D eigenvalue weighted by atomic mass is 10.2. The first kappa shape index (κ1) is 18.7. The number of benzene rings is 1. The topological polar surface area (TPSA) is 89.5 Å². The number of ether oxygens (including phenoxy) is 1. The van der Waals surface area contributed by atoms with Crippen molar-refractivity contribution >= 4 is 43.7 Å². The first-order chi connectivity index (χ1) is 11.3. The van der Waals surface area contributed by atoms with E-state index in [0.29, 0.717) is 6.42 Å². The molecule has 1 fully saturated rings. The number of amides is 1. The Morgan fingerprint density at radius 3 is 2.71 bits per heavy atom. The second kappa shape index (κ2) is 7.94. The highest BCUT2D eigenvalue weighted by molar-refractivity contribution is 9.10. The molecule has 1 N–H and O–H groups in total. The molecule has 0 aromatic heterocycles. The molecule has 1 heterocycles. The Hall–Kier alpha value is -1.67. The Labute approximate surface area is 149 Å². The first-order valence-corrected chi connectivity index (χ1v) is 10.0. The second-order valence-corrected chi connectivity index (χ2v) is 8.63. The lowest BCUT2D eigenvalue weighted by Gasteiger charge is -2.15. The van der Waals surface area contributed by atoms with Crippen LogP contribution in [0, 0.1) is 0 Å². The summed E-state index contributed by atoms with van der Waals surface area (Å²) in [5.74, 6) is -1.14. The summed E-state index contributed by atoms with van der Waals surface area (Å²) in [6.07, 6.45) is 2.21. The third kappa shape index (κ3) is 5.45. The summed E-state index contributed by atoms with van der Waals surface area (Å²) in [6.45, 7) is 1.45. The third-order valence-electron chi connectivity index (χ3n) is 3.55. The molecule has 130 valence electrons. The van der Waals surface area contributed by atoms with E-state index in [9.17, 15) is 18.0 Å². The monoisotopic (exact) mass is 415 g/mol. The minimum Gasteiger partial charge on any atom is -0.449 e. The molecule has 0 unspecified atom stereocenters. The minimum atomic E-state index is -3.07. The molecule has 2 atom stereocenters. The molecule has 2 rings (SSSR count). The van der Waals surface area contributed by atoms with Crippen molar-refractivity contribution in [3.8, 4) is 0 Å². The summed E-state index contributed by atoms with van der Waals surface area (Å²) in [6, 6.07) is 6.94. The molecule has 1 aliphatic rings. The smallest absolute Gasteiger partial charge is 0.331 e. The van der Waals surface area contributed by atoms with E-state index in [2.05, 4.69) is 21.2 Å².